The zero-order valence-corrected chi connectivity index (χ0v) is 25.2. The van der Waals surface area contributed by atoms with Crippen LogP contribution in [0.25, 0.3) is 21.8 Å². The molecule has 222 valence electrons. The number of benzene rings is 2. The number of ether oxygens (including phenoxy) is 2. The number of nitrogens with zero attached hydrogens (tertiary/aromatic N) is 2. The fourth-order valence-corrected chi connectivity index (χ4v) is 4.96. The van der Waals surface area contributed by atoms with Crippen molar-refractivity contribution >= 4 is 46.1 Å². The number of imide groups is 1. The van der Waals surface area contributed by atoms with Crippen LogP contribution in [-0.2, 0) is 38.4 Å². The Balaban J connectivity index is 0.000000517. The molecule has 9 nitrogen and oxygen atoms in total. The van der Waals surface area contributed by atoms with E-state index in [1.165, 1.54) is 5.56 Å². The molecule has 0 unspecified atom stereocenters. The van der Waals surface area contributed by atoms with Gasteiger partial charge in [0, 0.05) is 40.8 Å². The third-order valence-corrected chi connectivity index (χ3v) is 6.76. The Morgan fingerprint density at radius 3 is 2.36 bits per heavy atom. The first kappa shape index (κ1) is 30.6. The fraction of sp³-hybridized carbons (Fsp3) is 0.394. The second-order valence-corrected chi connectivity index (χ2v) is 12.4. The highest BCUT2D eigenvalue weighted by Gasteiger charge is 2.31. The number of Topliss-reactive ketones (excluding diaryl/α,β-unsaturated/α-hetero) is 1. The lowest BCUT2D eigenvalue weighted by Crippen LogP contribution is -2.44. The summed E-state index contributed by atoms with van der Waals surface area (Å²) in [5, 5.41) is 1.77. The molecule has 42 heavy (non-hydrogen) atoms. The Bertz CT molecular complexity index is 1620. The Labute approximate surface area is 245 Å². The van der Waals surface area contributed by atoms with Crippen LogP contribution in [0.5, 0.6) is 0 Å². The fourth-order valence-electron chi connectivity index (χ4n) is 4.96. The quantitative estimate of drug-likeness (QED) is 0.217. The lowest BCUT2D eigenvalue weighted by molar-refractivity contribution is -0.138. The molecule has 0 radical (unpaired) electrons. The second-order valence-electron chi connectivity index (χ2n) is 12.4. The van der Waals surface area contributed by atoms with E-state index in [2.05, 4.69) is 20.4 Å². The van der Waals surface area contributed by atoms with Crippen molar-refractivity contribution in [3.8, 4) is 0 Å². The van der Waals surface area contributed by atoms with Gasteiger partial charge in [0.2, 0.25) is 5.91 Å². The van der Waals surface area contributed by atoms with Crippen LogP contribution in [0.1, 0.15) is 69.4 Å². The van der Waals surface area contributed by atoms with E-state index >= 15 is 0 Å². The van der Waals surface area contributed by atoms with Crippen LogP contribution in [0, 0.1) is 0 Å². The molecule has 3 heterocycles. The highest BCUT2D eigenvalue weighted by Crippen LogP contribution is 2.30. The van der Waals surface area contributed by atoms with Crippen molar-refractivity contribution in [2.24, 2.45) is 0 Å². The van der Waals surface area contributed by atoms with Gasteiger partial charge in [0.1, 0.15) is 11.2 Å². The van der Waals surface area contributed by atoms with E-state index in [0.717, 1.165) is 51.7 Å². The summed E-state index contributed by atoms with van der Waals surface area (Å²) in [4.78, 5) is 53.7. The van der Waals surface area contributed by atoms with Crippen LogP contribution >= 0.6 is 0 Å². The van der Waals surface area contributed by atoms with Crippen LogP contribution in [0.2, 0.25) is 0 Å². The number of nitrogens with one attached hydrogen (secondary N) is 1. The van der Waals surface area contributed by atoms with Crippen LogP contribution in [0.15, 0.2) is 54.9 Å². The third-order valence-electron chi connectivity index (χ3n) is 6.76. The van der Waals surface area contributed by atoms with E-state index in [4.69, 9.17) is 4.74 Å². The number of fused-ring (bicyclic) bond motifs is 1. The number of para-hydroxylation sites is 2. The molecule has 0 saturated carbocycles. The number of hydrogen-bond acceptors (Lipinski definition) is 6. The summed E-state index contributed by atoms with van der Waals surface area (Å²) in [6.45, 7) is 11.6. The van der Waals surface area contributed by atoms with Crippen molar-refractivity contribution in [2.75, 3.05) is 6.54 Å². The molecule has 9 heteroatoms. The first-order chi connectivity index (χ1) is 19.8. The predicted octanol–water partition coefficient (Wildman–Crippen LogP) is 6.22. The number of amides is 2. The standard InChI is InChI=1S/C28H29N3O4.C5H10O2/c1-28(2,3)35-27(34)31(25(33)14-19-15-29-23-12-5-4-10-20(19)23)17-24(32)22-16-30-13-7-9-18-8-6-11-21(22)26(18)30;1-5(2,3)7-4-6/h4-6,8,10-12,15-16,29H,7,9,13-14,17H2,1-3H3;4H,1-3H3. The van der Waals surface area contributed by atoms with Crippen molar-refractivity contribution in [3.05, 3.63) is 71.5 Å². The normalized spacial score (nSPS) is 12.8. The maximum atomic E-state index is 13.5. The van der Waals surface area contributed by atoms with Gasteiger partial charge in [-0.15, -0.1) is 0 Å². The van der Waals surface area contributed by atoms with Crippen LogP contribution in [0.4, 0.5) is 4.79 Å². The summed E-state index contributed by atoms with van der Waals surface area (Å²) < 4.78 is 12.2. The van der Waals surface area contributed by atoms with Gasteiger partial charge in [0.05, 0.1) is 18.5 Å². The zero-order chi connectivity index (χ0) is 30.7. The van der Waals surface area contributed by atoms with E-state index < -0.39 is 17.6 Å². The van der Waals surface area contributed by atoms with Crippen molar-refractivity contribution in [1.29, 1.82) is 0 Å². The molecule has 1 N–H and O–H groups in total. The molecule has 4 aromatic rings. The first-order valence-corrected chi connectivity index (χ1v) is 14.1. The van der Waals surface area contributed by atoms with Crippen molar-refractivity contribution < 1.29 is 28.7 Å². The molecular weight excluding hydrogens is 534 g/mol. The molecule has 0 fully saturated rings. The molecule has 5 rings (SSSR count). The number of carbonyl (C=O) groups is 4. The number of hydrogen-bond donors (Lipinski definition) is 1. The number of aromatic amines is 1. The van der Waals surface area contributed by atoms with Gasteiger partial charge < -0.3 is 19.0 Å². The summed E-state index contributed by atoms with van der Waals surface area (Å²) in [5.41, 5.74) is 3.36. The van der Waals surface area contributed by atoms with Gasteiger partial charge in [-0.05, 0) is 71.6 Å². The monoisotopic (exact) mass is 573 g/mol. The van der Waals surface area contributed by atoms with Gasteiger partial charge in [-0.1, -0.05) is 36.4 Å². The molecule has 0 bridgehead atoms. The van der Waals surface area contributed by atoms with E-state index in [1.807, 2.05) is 63.4 Å². The molecule has 0 spiro atoms. The molecule has 2 aromatic carbocycles. The lowest BCUT2D eigenvalue weighted by atomic mass is 10.0. The van der Waals surface area contributed by atoms with Crippen molar-refractivity contribution in [2.45, 2.75) is 78.6 Å². The molecule has 2 aromatic heterocycles. The third kappa shape index (κ3) is 7.26. The van der Waals surface area contributed by atoms with Crippen molar-refractivity contribution in [1.82, 2.24) is 14.5 Å². The molecule has 1 aliphatic rings. The number of aromatic nitrogens is 2. The summed E-state index contributed by atoms with van der Waals surface area (Å²) >= 11 is 0. The average Bonchev–Trinajstić information content (AvgIpc) is 3.49. The van der Waals surface area contributed by atoms with E-state index in [0.29, 0.717) is 12.0 Å². The largest absolute Gasteiger partial charge is 0.462 e. The number of ketones is 1. The SMILES string of the molecule is CC(C)(C)OC(=O)N(CC(=O)c1cn2c3c(cccc13)CCC2)C(=O)Cc1c[nH]c2ccccc12.CC(C)(C)OC=O. The van der Waals surface area contributed by atoms with Gasteiger partial charge in [-0.2, -0.15) is 0 Å². The summed E-state index contributed by atoms with van der Waals surface area (Å²) in [6, 6.07) is 13.6. The maximum absolute atomic E-state index is 13.5. The van der Waals surface area contributed by atoms with Crippen LogP contribution < -0.4 is 0 Å². The van der Waals surface area contributed by atoms with Gasteiger partial charge in [0.25, 0.3) is 6.47 Å². The minimum Gasteiger partial charge on any atom is -0.462 e. The van der Waals surface area contributed by atoms with Gasteiger partial charge in [-0.25, -0.2) is 9.69 Å². The highest BCUT2D eigenvalue weighted by molar-refractivity contribution is 6.12. The van der Waals surface area contributed by atoms with E-state index in [9.17, 15) is 19.2 Å². The van der Waals surface area contributed by atoms with Crippen molar-refractivity contribution in [3.63, 3.8) is 0 Å². The first-order valence-electron chi connectivity index (χ1n) is 14.1. The van der Waals surface area contributed by atoms with Gasteiger partial charge in [0.15, 0.2) is 5.78 Å². The van der Waals surface area contributed by atoms with Gasteiger partial charge in [-0.3, -0.25) is 14.4 Å². The minimum absolute atomic E-state index is 0.0254. The smallest absolute Gasteiger partial charge is 0.417 e. The predicted molar refractivity (Wildman–Crippen MR) is 161 cm³/mol. The van der Waals surface area contributed by atoms with E-state index in [-0.39, 0.29) is 24.3 Å². The van der Waals surface area contributed by atoms with Crippen LogP contribution in [-0.4, -0.2) is 56.5 Å². The maximum Gasteiger partial charge on any atom is 0.417 e. The molecule has 0 atom stereocenters. The Morgan fingerprint density at radius 1 is 0.976 bits per heavy atom. The Morgan fingerprint density at radius 2 is 1.69 bits per heavy atom. The summed E-state index contributed by atoms with van der Waals surface area (Å²) in [5.74, 6) is -0.767. The lowest BCUT2D eigenvalue weighted by Gasteiger charge is -2.25. The summed E-state index contributed by atoms with van der Waals surface area (Å²) in [7, 11) is 0. The zero-order valence-electron chi connectivity index (χ0n) is 25.2. The second kappa shape index (κ2) is 12.2. The number of rotatable bonds is 6. The number of aryl methyl sites for hydroxylation is 2. The highest BCUT2D eigenvalue weighted by atomic mass is 16.6. The number of carbonyl (C=O) groups excluding carboxylic acids is 4. The number of H-pyrrole nitrogens is 1. The molecule has 0 saturated heterocycles. The van der Waals surface area contributed by atoms with Crippen LogP contribution in [0.3, 0.4) is 0 Å². The Hall–Kier alpha value is -4.40. The Kier molecular flexibility index (Phi) is 8.89. The van der Waals surface area contributed by atoms with Gasteiger partial charge >= 0.3 is 6.09 Å². The molecular formula is C33H39N3O6. The van der Waals surface area contributed by atoms with E-state index in [1.54, 1.807) is 27.0 Å². The molecule has 1 aliphatic heterocycles. The minimum atomic E-state index is -0.815. The molecule has 2 amide bonds. The summed E-state index contributed by atoms with van der Waals surface area (Å²) in [6.07, 6.45) is 4.77. The topological polar surface area (TPSA) is 111 Å². The average molecular weight is 574 g/mol. The molecule has 0 aliphatic carbocycles.